The lowest BCUT2D eigenvalue weighted by Crippen LogP contribution is -2.06. The van der Waals surface area contributed by atoms with Gasteiger partial charge in [0.2, 0.25) is 0 Å². The van der Waals surface area contributed by atoms with E-state index in [-0.39, 0.29) is 7.43 Å². The largest absolute Gasteiger partial charge is 0.0776 e. The van der Waals surface area contributed by atoms with Crippen LogP contribution in [0.25, 0.3) is 0 Å². The Morgan fingerprint density at radius 2 is 1.64 bits per heavy atom. The van der Waals surface area contributed by atoms with Crippen molar-refractivity contribution in [3.63, 3.8) is 0 Å². The highest BCUT2D eigenvalue weighted by Crippen LogP contribution is 2.20. The summed E-state index contributed by atoms with van der Waals surface area (Å²) in [5.41, 5.74) is 0. The molecule has 1 unspecified atom stereocenters. The Bertz CT molecular complexity index is 64.4. The van der Waals surface area contributed by atoms with E-state index in [4.69, 9.17) is 0 Å². The molecule has 0 heterocycles. The van der Waals surface area contributed by atoms with Crippen LogP contribution in [0.2, 0.25) is 0 Å². The molecule has 0 amide bonds. The molecule has 0 bridgehead atoms. The lowest BCUT2D eigenvalue weighted by molar-refractivity contribution is 0.339. The van der Waals surface area contributed by atoms with Gasteiger partial charge in [-0.25, -0.2) is 0 Å². The predicted octanol–water partition coefficient (Wildman–Crippen LogP) is 4.49. The first-order valence-corrected chi connectivity index (χ1v) is 4.72. The molecule has 70 valence electrons. The van der Waals surface area contributed by atoms with E-state index < -0.39 is 0 Å². The van der Waals surface area contributed by atoms with Gasteiger partial charge < -0.3 is 0 Å². The second kappa shape index (κ2) is 8.10. The minimum atomic E-state index is 0. The fourth-order valence-electron chi connectivity index (χ4n) is 1.48. The van der Waals surface area contributed by atoms with E-state index in [2.05, 4.69) is 27.7 Å². The molecule has 0 aliphatic rings. The Hall–Kier alpha value is 0. The summed E-state index contributed by atoms with van der Waals surface area (Å²) in [7, 11) is 0. The maximum absolute atomic E-state index is 2.34. The van der Waals surface area contributed by atoms with Crippen LogP contribution in [0.4, 0.5) is 0 Å². The van der Waals surface area contributed by atoms with Crippen LogP contribution in [0, 0.1) is 11.8 Å². The SMILES string of the molecule is C.CCCCC(CC)C(C)C. The summed E-state index contributed by atoms with van der Waals surface area (Å²) in [6.45, 7) is 9.25. The molecule has 0 aromatic carbocycles. The minimum absolute atomic E-state index is 0. The normalized spacial score (nSPS) is 12.8. The van der Waals surface area contributed by atoms with Crippen LogP contribution >= 0.6 is 0 Å². The molecule has 0 radical (unpaired) electrons. The lowest BCUT2D eigenvalue weighted by atomic mass is 9.89. The van der Waals surface area contributed by atoms with E-state index in [1.807, 2.05) is 0 Å². The van der Waals surface area contributed by atoms with E-state index in [1.54, 1.807) is 0 Å². The third-order valence-electron chi connectivity index (χ3n) is 2.40. The van der Waals surface area contributed by atoms with Crippen molar-refractivity contribution in [1.82, 2.24) is 0 Å². The van der Waals surface area contributed by atoms with Gasteiger partial charge in [0, 0.05) is 0 Å². The molecule has 0 aliphatic carbocycles. The zero-order valence-corrected chi connectivity index (χ0v) is 7.98. The fraction of sp³-hybridized carbons (Fsp3) is 1.00. The monoisotopic (exact) mass is 158 g/mol. The van der Waals surface area contributed by atoms with Gasteiger partial charge in [0.25, 0.3) is 0 Å². The summed E-state index contributed by atoms with van der Waals surface area (Å²) in [6, 6.07) is 0. The highest BCUT2D eigenvalue weighted by molar-refractivity contribution is 4.60. The standard InChI is InChI=1S/C10H22.CH4/c1-5-7-8-10(6-2)9(3)4;/h9-10H,5-8H2,1-4H3;1H4. The Labute approximate surface area is 73.4 Å². The fourth-order valence-corrected chi connectivity index (χ4v) is 1.48. The molecule has 0 saturated heterocycles. The van der Waals surface area contributed by atoms with Gasteiger partial charge in [-0.2, -0.15) is 0 Å². The Morgan fingerprint density at radius 3 is 1.91 bits per heavy atom. The van der Waals surface area contributed by atoms with Crippen LogP contribution < -0.4 is 0 Å². The molecule has 11 heavy (non-hydrogen) atoms. The Balaban J connectivity index is 0. The van der Waals surface area contributed by atoms with Crippen molar-refractivity contribution in [3.8, 4) is 0 Å². The van der Waals surface area contributed by atoms with Crippen LogP contribution in [0.3, 0.4) is 0 Å². The highest BCUT2D eigenvalue weighted by Gasteiger charge is 2.08. The van der Waals surface area contributed by atoms with Gasteiger partial charge >= 0.3 is 0 Å². The van der Waals surface area contributed by atoms with E-state index in [0.29, 0.717) is 0 Å². The van der Waals surface area contributed by atoms with Crippen molar-refractivity contribution >= 4 is 0 Å². The Kier molecular flexibility index (Phi) is 10.0. The van der Waals surface area contributed by atoms with Crippen LogP contribution in [0.15, 0.2) is 0 Å². The summed E-state index contributed by atoms with van der Waals surface area (Å²) in [5.74, 6) is 1.86. The van der Waals surface area contributed by atoms with Gasteiger partial charge in [-0.15, -0.1) is 0 Å². The molecule has 0 spiro atoms. The number of hydrogen-bond donors (Lipinski definition) is 0. The third kappa shape index (κ3) is 6.40. The summed E-state index contributed by atoms with van der Waals surface area (Å²) in [6.07, 6.45) is 5.56. The number of rotatable bonds is 5. The average molecular weight is 158 g/mol. The average Bonchev–Trinajstić information content (AvgIpc) is 1.89. The summed E-state index contributed by atoms with van der Waals surface area (Å²) in [4.78, 5) is 0. The first-order valence-electron chi connectivity index (χ1n) is 4.72. The molecule has 0 aromatic rings. The number of unbranched alkanes of at least 4 members (excludes halogenated alkanes) is 1. The zero-order chi connectivity index (χ0) is 7.98. The second-order valence-electron chi connectivity index (χ2n) is 3.55. The lowest BCUT2D eigenvalue weighted by Gasteiger charge is -2.17. The topological polar surface area (TPSA) is 0 Å². The molecule has 0 aromatic heterocycles. The molecule has 1 atom stereocenters. The number of hydrogen-bond acceptors (Lipinski definition) is 0. The Morgan fingerprint density at radius 1 is 1.09 bits per heavy atom. The van der Waals surface area contributed by atoms with Gasteiger partial charge in [0.05, 0.1) is 0 Å². The van der Waals surface area contributed by atoms with Crippen molar-refractivity contribution in [1.29, 1.82) is 0 Å². The predicted molar refractivity (Wildman–Crippen MR) is 54.9 cm³/mol. The van der Waals surface area contributed by atoms with Gasteiger partial charge in [-0.1, -0.05) is 60.8 Å². The van der Waals surface area contributed by atoms with Crippen molar-refractivity contribution in [2.45, 2.75) is 60.8 Å². The maximum atomic E-state index is 2.34. The van der Waals surface area contributed by atoms with Gasteiger partial charge in [0.15, 0.2) is 0 Å². The van der Waals surface area contributed by atoms with E-state index in [1.165, 1.54) is 25.7 Å². The van der Waals surface area contributed by atoms with Crippen LogP contribution in [-0.4, -0.2) is 0 Å². The summed E-state index contributed by atoms with van der Waals surface area (Å²) >= 11 is 0. The van der Waals surface area contributed by atoms with Crippen molar-refractivity contribution < 1.29 is 0 Å². The molecule has 0 rings (SSSR count). The first-order chi connectivity index (χ1) is 4.72. The molecule has 0 nitrogen and oxygen atoms in total. The molecular formula is C11H26. The van der Waals surface area contributed by atoms with Crippen LogP contribution in [-0.2, 0) is 0 Å². The van der Waals surface area contributed by atoms with E-state index in [9.17, 15) is 0 Å². The van der Waals surface area contributed by atoms with Crippen LogP contribution in [0.5, 0.6) is 0 Å². The van der Waals surface area contributed by atoms with Crippen molar-refractivity contribution in [2.75, 3.05) is 0 Å². The molecule has 0 heteroatoms. The first kappa shape index (κ1) is 13.6. The van der Waals surface area contributed by atoms with Gasteiger partial charge in [0.1, 0.15) is 0 Å². The molecule has 0 aliphatic heterocycles. The third-order valence-corrected chi connectivity index (χ3v) is 2.40. The second-order valence-corrected chi connectivity index (χ2v) is 3.55. The van der Waals surface area contributed by atoms with Gasteiger partial charge in [-0.05, 0) is 11.8 Å². The minimum Gasteiger partial charge on any atom is -0.0776 e. The van der Waals surface area contributed by atoms with Crippen molar-refractivity contribution in [3.05, 3.63) is 0 Å². The quantitative estimate of drug-likeness (QED) is 0.553. The summed E-state index contributed by atoms with van der Waals surface area (Å²) < 4.78 is 0. The maximum Gasteiger partial charge on any atom is -0.0394 e. The molecular weight excluding hydrogens is 132 g/mol. The van der Waals surface area contributed by atoms with Crippen LogP contribution in [0.1, 0.15) is 60.8 Å². The van der Waals surface area contributed by atoms with Gasteiger partial charge in [-0.3, -0.25) is 0 Å². The molecule has 0 N–H and O–H groups in total. The zero-order valence-electron chi connectivity index (χ0n) is 7.98. The smallest absolute Gasteiger partial charge is 0.0394 e. The highest BCUT2D eigenvalue weighted by atomic mass is 14.1. The van der Waals surface area contributed by atoms with Crippen molar-refractivity contribution in [2.24, 2.45) is 11.8 Å². The molecule has 0 saturated carbocycles. The molecule has 0 fully saturated rings. The summed E-state index contributed by atoms with van der Waals surface area (Å²) in [5, 5.41) is 0. The van der Waals surface area contributed by atoms with E-state index in [0.717, 1.165) is 11.8 Å². The van der Waals surface area contributed by atoms with E-state index >= 15 is 0 Å².